The number of amides is 2. The molecule has 2 amide bonds. The first-order valence-corrected chi connectivity index (χ1v) is 12.3. The molecule has 1 saturated heterocycles. The number of benzene rings is 2. The Bertz CT molecular complexity index is 1190. The maximum Gasteiger partial charge on any atom is 0.246 e. The van der Waals surface area contributed by atoms with Crippen LogP contribution in [0.4, 0.5) is 0 Å². The van der Waals surface area contributed by atoms with Gasteiger partial charge in [-0.1, -0.05) is 46.3 Å². The molecular weight excluding hydrogens is 482 g/mol. The van der Waals surface area contributed by atoms with E-state index in [4.69, 9.17) is 4.74 Å². The molecule has 6 nitrogen and oxygen atoms in total. The lowest BCUT2D eigenvalue weighted by Crippen LogP contribution is -2.63. The van der Waals surface area contributed by atoms with Crippen molar-refractivity contribution in [2.75, 3.05) is 19.7 Å². The number of piperazine rings is 1. The van der Waals surface area contributed by atoms with Gasteiger partial charge >= 0.3 is 0 Å². The molecule has 3 heterocycles. The number of aromatic nitrogens is 1. The second kappa shape index (κ2) is 8.95. The lowest BCUT2D eigenvalue weighted by atomic mass is 9.86. The van der Waals surface area contributed by atoms with E-state index in [1.54, 1.807) is 4.90 Å². The molecule has 2 aliphatic rings. The monoisotopic (exact) mass is 509 g/mol. The molecule has 2 atom stereocenters. The highest BCUT2D eigenvalue weighted by molar-refractivity contribution is 9.10. The van der Waals surface area contributed by atoms with E-state index in [2.05, 4.69) is 33.0 Å². The highest BCUT2D eigenvalue weighted by Crippen LogP contribution is 2.42. The molecule has 0 spiro atoms. The van der Waals surface area contributed by atoms with Gasteiger partial charge in [-0.25, -0.2) is 0 Å². The number of ether oxygens (including phenoxy) is 1. The molecule has 1 N–H and O–H groups in total. The van der Waals surface area contributed by atoms with Gasteiger partial charge < -0.3 is 19.5 Å². The molecule has 0 unspecified atom stereocenters. The maximum absolute atomic E-state index is 13.6. The molecule has 2 aliphatic heterocycles. The molecule has 0 radical (unpaired) electrons. The average Bonchev–Trinajstić information content (AvgIpc) is 3.17. The first-order chi connectivity index (χ1) is 15.9. The van der Waals surface area contributed by atoms with Crippen LogP contribution < -0.4 is 0 Å². The van der Waals surface area contributed by atoms with Crippen molar-refractivity contribution >= 4 is 38.6 Å². The van der Waals surface area contributed by atoms with E-state index in [1.807, 2.05) is 55.1 Å². The summed E-state index contributed by atoms with van der Waals surface area (Å²) in [4.78, 5) is 34.2. The molecular formula is C26H28BrN3O3. The number of nitrogens with one attached hydrogen (secondary N) is 1. The highest BCUT2D eigenvalue weighted by Gasteiger charge is 2.48. The lowest BCUT2D eigenvalue weighted by Gasteiger charge is -2.47. The number of H-pyrrole nitrogens is 1. The Morgan fingerprint density at radius 1 is 1.12 bits per heavy atom. The summed E-state index contributed by atoms with van der Waals surface area (Å²) < 4.78 is 6.61. The molecule has 0 aliphatic carbocycles. The van der Waals surface area contributed by atoms with Gasteiger partial charge in [0.2, 0.25) is 11.8 Å². The summed E-state index contributed by atoms with van der Waals surface area (Å²) in [6, 6.07) is 15.4. The summed E-state index contributed by atoms with van der Waals surface area (Å²) in [7, 11) is 0. The molecule has 1 fully saturated rings. The molecule has 0 saturated carbocycles. The predicted molar refractivity (Wildman–Crippen MR) is 131 cm³/mol. The minimum absolute atomic E-state index is 0.0124. The third-order valence-corrected chi connectivity index (χ3v) is 7.08. The van der Waals surface area contributed by atoms with Gasteiger partial charge in [0.25, 0.3) is 0 Å². The van der Waals surface area contributed by atoms with E-state index in [0.29, 0.717) is 19.6 Å². The van der Waals surface area contributed by atoms with Crippen LogP contribution in [0.1, 0.15) is 43.1 Å². The van der Waals surface area contributed by atoms with Crippen LogP contribution in [0.3, 0.4) is 0 Å². The summed E-state index contributed by atoms with van der Waals surface area (Å²) >= 11 is 3.51. The standard InChI is InChI=1S/C26H28BrN3O3/c1-16(2)33-13-5-12-29-15-23(31)30-22(26(29)32)14-20-19-6-3-4-7-21(19)28-24(20)25(30)17-8-10-18(27)11-9-17/h3-4,6-11,16,22,25,28H,5,12-15H2,1-2H3/t22-,25-/m0/s1. The van der Waals surface area contributed by atoms with Gasteiger partial charge in [0.1, 0.15) is 6.04 Å². The first-order valence-electron chi connectivity index (χ1n) is 11.5. The molecule has 0 bridgehead atoms. The van der Waals surface area contributed by atoms with Crippen molar-refractivity contribution in [2.24, 2.45) is 0 Å². The number of carbonyl (C=O) groups is 2. The number of hydrogen-bond donors (Lipinski definition) is 1. The summed E-state index contributed by atoms with van der Waals surface area (Å²) in [6.45, 7) is 5.22. The minimum atomic E-state index is -0.502. The largest absolute Gasteiger partial charge is 0.379 e. The van der Waals surface area contributed by atoms with Crippen LogP contribution in [-0.2, 0) is 20.7 Å². The minimum Gasteiger partial charge on any atom is -0.379 e. The fraction of sp³-hybridized carbons (Fsp3) is 0.385. The molecule has 1 aromatic heterocycles. The van der Waals surface area contributed by atoms with E-state index in [-0.39, 0.29) is 30.5 Å². The van der Waals surface area contributed by atoms with Crippen LogP contribution in [0.5, 0.6) is 0 Å². The smallest absolute Gasteiger partial charge is 0.246 e. The van der Waals surface area contributed by atoms with Gasteiger partial charge in [-0.05, 0) is 49.6 Å². The van der Waals surface area contributed by atoms with E-state index in [0.717, 1.165) is 38.6 Å². The molecule has 2 aromatic carbocycles. The van der Waals surface area contributed by atoms with Gasteiger partial charge in [-0.15, -0.1) is 0 Å². The number of fused-ring (bicyclic) bond motifs is 4. The van der Waals surface area contributed by atoms with Gasteiger partial charge in [-0.3, -0.25) is 9.59 Å². The molecule has 3 aromatic rings. The fourth-order valence-corrected chi connectivity index (χ4v) is 5.34. The molecule has 7 heteroatoms. The second-order valence-electron chi connectivity index (χ2n) is 9.07. The quantitative estimate of drug-likeness (QED) is 0.499. The summed E-state index contributed by atoms with van der Waals surface area (Å²) in [5.74, 6) is 0.0128. The number of hydrogen-bond acceptors (Lipinski definition) is 3. The normalized spacial score (nSPS) is 20.5. The van der Waals surface area contributed by atoms with Crippen molar-refractivity contribution in [1.82, 2.24) is 14.8 Å². The summed E-state index contributed by atoms with van der Waals surface area (Å²) in [6.07, 6.45) is 1.40. The number of rotatable bonds is 6. The molecule has 5 rings (SSSR count). The zero-order valence-corrected chi connectivity index (χ0v) is 20.5. The fourth-order valence-electron chi connectivity index (χ4n) is 5.08. The van der Waals surface area contributed by atoms with Crippen molar-refractivity contribution in [2.45, 2.75) is 44.9 Å². The van der Waals surface area contributed by atoms with E-state index >= 15 is 0 Å². The van der Waals surface area contributed by atoms with Crippen LogP contribution in [0.15, 0.2) is 53.0 Å². The Morgan fingerprint density at radius 3 is 2.64 bits per heavy atom. The lowest BCUT2D eigenvalue weighted by molar-refractivity contribution is -0.158. The van der Waals surface area contributed by atoms with Crippen molar-refractivity contribution in [3.63, 3.8) is 0 Å². The van der Waals surface area contributed by atoms with E-state index < -0.39 is 6.04 Å². The third-order valence-electron chi connectivity index (χ3n) is 6.55. The summed E-state index contributed by atoms with van der Waals surface area (Å²) in [5, 5.41) is 1.12. The zero-order chi connectivity index (χ0) is 23.1. The number of aromatic amines is 1. The number of nitrogens with zero attached hydrogens (tertiary/aromatic N) is 2. The van der Waals surface area contributed by atoms with Crippen LogP contribution >= 0.6 is 15.9 Å². The topological polar surface area (TPSA) is 65.6 Å². The zero-order valence-electron chi connectivity index (χ0n) is 18.9. The number of halogens is 1. The molecule has 33 heavy (non-hydrogen) atoms. The first kappa shape index (κ1) is 22.2. The predicted octanol–water partition coefficient (Wildman–Crippen LogP) is 4.43. The Kier molecular flexibility index (Phi) is 6.01. The Hall–Kier alpha value is -2.64. The maximum atomic E-state index is 13.6. The van der Waals surface area contributed by atoms with E-state index in [1.165, 1.54) is 0 Å². The van der Waals surface area contributed by atoms with Gasteiger partial charge in [0.15, 0.2) is 0 Å². The summed E-state index contributed by atoms with van der Waals surface area (Å²) in [5.41, 5.74) is 4.17. The average molecular weight is 510 g/mol. The molecule has 172 valence electrons. The van der Waals surface area contributed by atoms with Gasteiger partial charge in [0, 0.05) is 40.6 Å². The van der Waals surface area contributed by atoms with Crippen LogP contribution in [-0.4, -0.2) is 58.4 Å². The van der Waals surface area contributed by atoms with Crippen LogP contribution in [0, 0.1) is 0 Å². The van der Waals surface area contributed by atoms with Crippen molar-refractivity contribution < 1.29 is 14.3 Å². The van der Waals surface area contributed by atoms with E-state index in [9.17, 15) is 9.59 Å². The van der Waals surface area contributed by atoms with Gasteiger partial charge in [-0.2, -0.15) is 0 Å². The number of carbonyl (C=O) groups excluding carboxylic acids is 2. The Labute approximate surface area is 202 Å². The van der Waals surface area contributed by atoms with Crippen molar-refractivity contribution in [3.05, 3.63) is 69.8 Å². The Balaban J connectivity index is 1.52. The SMILES string of the molecule is CC(C)OCCCN1CC(=O)N2[C@@H](c3ccc(Br)cc3)c3[nH]c4ccccc4c3C[C@H]2C1=O. The third kappa shape index (κ3) is 4.08. The van der Waals surface area contributed by atoms with Crippen molar-refractivity contribution in [3.8, 4) is 0 Å². The van der Waals surface area contributed by atoms with Crippen LogP contribution in [0.2, 0.25) is 0 Å². The highest BCUT2D eigenvalue weighted by atomic mass is 79.9. The van der Waals surface area contributed by atoms with Gasteiger partial charge in [0.05, 0.1) is 18.7 Å². The second-order valence-corrected chi connectivity index (χ2v) is 9.99. The van der Waals surface area contributed by atoms with Crippen molar-refractivity contribution in [1.29, 1.82) is 0 Å². The Morgan fingerprint density at radius 2 is 1.88 bits per heavy atom. The van der Waals surface area contributed by atoms with Crippen LogP contribution in [0.25, 0.3) is 10.9 Å². The number of para-hydroxylation sites is 1.